The van der Waals surface area contributed by atoms with Crippen LogP contribution in [0, 0.1) is 0 Å². The van der Waals surface area contributed by atoms with Crippen molar-refractivity contribution in [3.05, 3.63) is 0 Å². The third-order valence-electron chi connectivity index (χ3n) is 3.64. The maximum Gasteiger partial charge on any atom is 0.459 e. The van der Waals surface area contributed by atoms with E-state index in [-0.39, 0.29) is 0 Å². The molecule has 38 heavy (non-hydrogen) atoms. The van der Waals surface area contributed by atoms with Crippen molar-refractivity contribution in [2.24, 2.45) is 0 Å². The van der Waals surface area contributed by atoms with Gasteiger partial charge in [-0.25, -0.2) is 4.39 Å². The molecule has 0 aromatic rings. The van der Waals surface area contributed by atoms with Gasteiger partial charge in [-0.05, 0) is 0 Å². The molecule has 0 aromatic heterocycles. The zero-order valence-electron chi connectivity index (χ0n) is 15.9. The molecule has 0 saturated carbocycles. The average molecular weight is 626 g/mol. The molecule has 0 saturated heterocycles. The normalized spacial score (nSPS) is 18.6. The summed E-state index contributed by atoms with van der Waals surface area (Å²) < 4.78 is 284. The van der Waals surface area contributed by atoms with E-state index in [0.29, 0.717) is 0 Å². The van der Waals surface area contributed by atoms with Crippen LogP contribution in [0.25, 0.3) is 0 Å². The molecule has 0 rings (SSSR count). The second-order valence-electron chi connectivity index (χ2n) is 6.25. The lowest BCUT2D eigenvalue weighted by Gasteiger charge is -2.39. The summed E-state index contributed by atoms with van der Waals surface area (Å²) in [5.41, 5.74) is -8.29. The van der Waals surface area contributed by atoms with Gasteiger partial charge in [0.1, 0.15) is 0 Å². The lowest BCUT2D eigenvalue weighted by Crippen LogP contribution is -2.71. The van der Waals surface area contributed by atoms with Gasteiger partial charge < -0.3 is 0 Å². The van der Waals surface area contributed by atoms with Crippen LogP contribution in [0.15, 0.2) is 0 Å². The Hall–Kier alpha value is -2.28. The lowest BCUT2D eigenvalue weighted by atomic mass is 9.92. The Labute approximate surface area is 189 Å². The number of carbonyl (C=O) groups is 2. The van der Waals surface area contributed by atoms with Crippen LogP contribution in [0.2, 0.25) is 0 Å². The predicted molar refractivity (Wildman–Crippen MR) is 63.9 cm³/mol. The molecule has 4 nitrogen and oxygen atoms in total. The molecule has 0 aliphatic carbocycles. The summed E-state index contributed by atoms with van der Waals surface area (Å²) in [6.07, 6.45) is -48.9. The van der Waals surface area contributed by atoms with Crippen molar-refractivity contribution < 1.29 is 116 Å². The first-order valence-electron chi connectivity index (χ1n) is 7.63. The Morgan fingerprint density at radius 2 is 0.684 bits per heavy atom. The Balaban J connectivity index is 7.07. The number of halogens is 22. The van der Waals surface area contributed by atoms with Crippen LogP contribution < -0.4 is 0 Å². The molecule has 2 atom stereocenters. The van der Waals surface area contributed by atoms with Gasteiger partial charge in [-0.2, -0.15) is 92.2 Å². The maximum atomic E-state index is 13.9. The van der Waals surface area contributed by atoms with E-state index in [0.717, 1.165) is 4.74 Å². The predicted octanol–water partition coefficient (Wildman–Crippen LogP) is 6.19. The van der Waals surface area contributed by atoms with E-state index in [1.54, 1.807) is 0 Å². The van der Waals surface area contributed by atoms with Gasteiger partial charge in [0.15, 0.2) is 0 Å². The third kappa shape index (κ3) is 5.41. The highest BCUT2D eigenvalue weighted by Gasteiger charge is 2.88. The second kappa shape index (κ2) is 9.14. The summed E-state index contributed by atoms with van der Waals surface area (Å²) >= 11 is 0. The fourth-order valence-corrected chi connectivity index (χ4v) is 1.73. The van der Waals surface area contributed by atoms with Crippen LogP contribution in [-0.4, -0.2) is 72.0 Å². The van der Waals surface area contributed by atoms with E-state index < -0.39 is 72.0 Å². The SMILES string of the molecule is O=C(F)C(F)(OC(F)(F)C(F)(F)C(F)(F)OC(F)(C(=O)C(F)(C(F)(F)F)C(F)(F)F)C(F)(F)F)C(F)(F)F. The van der Waals surface area contributed by atoms with E-state index in [9.17, 15) is 106 Å². The molecule has 2 unspecified atom stereocenters. The Morgan fingerprint density at radius 3 is 0.895 bits per heavy atom. The molecule has 0 aliphatic heterocycles. The number of hydrogen-bond donors (Lipinski definition) is 0. The van der Waals surface area contributed by atoms with Crippen LogP contribution in [0.3, 0.4) is 0 Å². The van der Waals surface area contributed by atoms with Gasteiger partial charge in [0.2, 0.25) is 0 Å². The number of ether oxygens (including phenoxy) is 2. The number of alkyl halides is 21. The van der Waals surface area contributed by atoms with Gasteiger partial charge >= 0.3 is 66.3 Å². The van der Waals surface area contributed by atoms with Crippen LogP contribution >= 0.6 is 0 Å². The molecule has 0 fully saturated rings. The summed E-state index contributed by atoms with van der Waals surface area (Å²) in [4.78, 5) is 20.9. The largest absolute Gasteiger partial charge is 0.459 e. The summed E-state index contributed by atoms with van der Waals surface area (Å²) in [6, 6.07) is -4.91. The molecule has 0 N–H and O–H groups in total. The van der Waals surface area contributed by atoms with Gasteiger partial charge in [0.25, 0.3) is 5.78 Å². The molecule has 0 bridgehead atoms. The molecule has 0 radical (unpaired) electrons. The molecule has 0 amide bonds. The number of rotatable bonds is 9. The minimum atomic E-state index is -8.60. The molecular formula is C12F22O4. The lowest BCUT2D eigenvalue weighted by molar-refractivity contribution is -0.510. The van der Waals surface area contributed by atoms with Crippen LogP contribution in [0.5, 0.6) is 0 Å². The summed E-state index contributed by atoms with van der Waals surface area (Å²) in [7, 11) is 0. The van der Waals surface area contributed by atoms with Gasteiger partial charge in [-0.15, -0.1) is 0 Å². The first-order valence-corrected chi connectivity index (χ1v) is 7.63. The minimum Gasteiger partial charge on any atom is -0.288 e. The third-order valence-corrected chi connectivity index (χ3v) is 3.64. The van der Waals surface area contributed by atoms with E-state index >= 15 is 0 Å². The first kappa shape index (κ1) is 35.7. The number of ketones is 1. The molecule has 26 heteroatoms. The average Bonchev–Trinajstić information content (AvgIpc) is 2.61. The molecule has 0 aromatic carbocycles. The summed E-state index contributed by atoms with van der Waals surface area (Å²) in [6.45, 7) is 0. The maximum absolute atomic E-state index is 13.9. The number of carbonyl (C=O) groups excluding carboxylic acids is 2. The van der Waals surface area contributed by atoms with Crippen molar-refractivity contribution in [3.63, 3.8) is 0 Å². The molecule has 226 valence electrons. The highest BCUT2D eigenvalue weighted by Crippen LogP contribution is 2.57. The topological polar surface area (TPSA) is 52.6 Å². The van der Waals surface area contributed by atoms with Crippen molar-refractivity contribution in [2.45, 2.75) is 60.2 Å². The van der Waals surface area contributed by atoms with Crippen LogP contribution in [0.4, 0.5) is 96.6 Å². The van der Waals surface area contributed by atoms with Crippen LogP contribution in [-0.2, 0) is 19.1 Å². The first-order chi connectivity index (χ1) is 16.0. The van der Waals surface area contributed by atoms with E-state index in [4.69, 9.17) is 0 Å². The molecule has 0 spiro atoms. The Bertz CT molecular complexity index is 895. The fraction of sp³-hybridized carbons (Fsp3) is 0.833. The van der Waals surface area contributed by atoms with Crippen molar-refractivity contribution >= 4 is 11.8 Å². The highest BCUT2D eigenvalue weighted by molar-refractivity contribution is 5.96. The number of Topliss-reactive ketones (excluding diaryl/α,β-unsaturated/α-hetero) is 1. The van der Waals surface area contributed by atoms with Gasteiger partial charge in [0.05, 0.1) is 0 Å². The Morgan fingerprint density at radius 1 is 0.421 bits per heavy atom. The van der Waals surface area contributed by atoms with E-state index in [1.807, 2.05) is 0 Å². The molecule has 0 heterocycles. The van der Waals surface area contributed by atoms with E-state index in [1.165, 1.54) is 4.74 Å². The summed E-state index contributed by atoms with van der Waals surface area (Å²) in [5, 5.41) is 0. The van der Waals surface area contributed by atoms with Crippen molar-refractivity contribution in [2.75, 3.05) is 0 Å². The zero-order valence-corrected chi connectivity index (χ0v) is 15.9. The standard InChI is InChI=1S/C12F22O4/c13-2(36)5(16,10(28,29)30)38-12(33,34)6(17,18)11(31,32)37-4(15,9(25,26)27)1(35)3(14,7(19,20)21)8(22,23)24. The van der Waals surface area contributed by atoms with Crippen molar-refractivity contribution in [1.82, 2.24) is 0 Å². The van der Waals surface area contributed by atoms with Gasteiger partial charge in [-0.3, -0.25) is 19.1 Å². The summed E-state index contributed by atoms with van der Waals surface area (Å²) in [5.74, 6) is -30.3. The monoisotopic (exact) mass is 626 g/mol. The van der Waals surface area contributed by atoms with Gasteiger partial charge in [0, 0.05) is 0 Å². The number of hydrogen-bond acceptors (Lipinski definition) is 4. The van der Waals surface area contributed by atoms with Crippen molar-refractivity contribution in [1.29, 1.82) is 0 Å². The smallest absolute Gasteiger partial charge is 0.288 e. The quantitative estimate of drug-likeness (QED) is 0.226. The van der Waals surface area contributed by atoms with Gasteiger partial charge in [-0.1, -0.05) is 0 Å². The zero-order chi connectivity index (χ0) is 31.6. The van der Waals surface area contributed by atoms with E-state index in [2.05, 4.69) is 0 Å². The Kier molecular flexibility index (Phi) is 8.59. The molecule has 0 aliphatic rings. The highest BCUT2D eigenvalue weighted by atomic mass is 19.4. The fourth-order valence-electron chi connectivity index (χ4n) is 1.73. The molecular weight excluding hydrogens is 626 g/mol. The van der Waals surface area contributed by atoms with Crippen LogP contribution in [0.1, 0.15) is 0 Å². The van der Waals surface area contributed by atoms with Crippen molar-refractivity contribution in [3.8, 4) is 0 Å². The minimum absolute atomic E-state index is 1.09. The second-order valence-corrected chi connectivity index (χ2v) is 6.25.